The van der Waals surface area contributed by atoms with Gasteiger partial charge in [0.25, 0.3) is 0 Å². The predicted octanol–water partition coefficient (Wildman–Crippen LogP) is 4.56. The first kappa shape index (κ1) is 22.8. The maximum Gasteiger partial charge on any atom is 0.243 e. The number of nitrogens with zero attached hydrogens (tertiary/aromatic N) is 2. The van der Waals surface area contributed by atoms with Gasteiger partial charge in [-0.25, -0.2) is 8.42 Å². The van der Waals surface area contributed by atoms with Crippen LogP contribution in [-0.2, 0) is 26.7 Å². The van der Waals surface area contributed by atoms with Gasteiger partial charge < -0.3 is 4.90 Å². The van der Waals surface area contributed by atoms with Gasteiger partial charge in [0.2, 0.25) is 15.9 Å². The molecule has 1 amide bonds. The molecule has 1 atom stereocenters. The van der Waals surface area contributed by atoms with E-state index in [2.05, 4.69) is 18.2 Å². The van der Waals surface area contributed by atoms with Gasteiger partial charge in [-0.2, -0.15) is 4.31 Å². The molecule has 1 saturated heterocycles. The van der Waals surface area contributed by atoms with Crippen LogP contribution in [0.1, 0.15) is 42.0 Å². The first-order valence-corrected chi connectivity index (χ1v) is 13.3. The minimum atomic E-state index is -3.49. The summed E-state index contributed by atoms with van der Waals surface area (Å²) in [7, 11) is -1.59. The van der Waals surface area contributed by atoms with Crippen LogP contribution >= 0.6 is 0 Å². The van der Waals surface area contributed by atoms with E-state index in [1.165, 1.54) is 11.1 Å². The fourth-order valence-corrected chi connectivity index (χ4v) is 7.11. The molecule has 0 radical (unpaired) electrons. The molecule has 0 aromatic heterocycles. The highest BCUT2D eigenvalue weighted by Crippen LogP contribution is 2.52. The quantitative estimate of drug-likeness (QED) is 0.545. The van der Waals surface area contributed by atoms with Crippen molar-refractivity contribution in [3.05, 3.63) is 102 Å². The summed E-state index contributed by atoms with van der Waals surface area (Å²) in [5, 5.41) is 0. The van der Waals surface area contributed by atoms with E-state index in [1.54, 1.807) is 28.6 Å². The van der Waals surface area contributed by atoms with Crippen LogP contribution in [0.2, 0.25) is 0 Å². The molecule has 3 aromatic carbocycles. The van der Waals surface area contributed by atoms with Crippen molar-refractivity contribution in [2.45, 2.75) is 42.0 Å². The second-order valence-electron chi connectivity index (χ2n) is 9.47. The molecule has 1 fully saturated rings. The lowest BCUT2D eigenvalue weighted by Gasteiger charge is -2.40. The number of benzene rings is 3. The second-order valence-corrected chi connectivity index (χ2v) is 11.4. The highest BCUT2D eigenvalue weighted by molar-refractivity contribution is 7.89. The summed E-state index contributed by atoms with van der Waals surface area (Å²) in [6, 6.07) is 26.9. The van der Waals surface area contributed by atoms with Crippen LogP contribution in [0.15, 0.2) is 89.8 Å². The van der Waals surface area contributed by atoms with Gasteiger partial charge in [0.15, 0.2) is 0 Å². The number of likely N-dealkylation sites (N-methyl/N-ethyl adjacent to an activating group) is 1. The van der Waals surface area contributed by atoms with E-state index < -0.39 is 10.0 Å². The monoisotopic (exact) mass is 474 g/mol. The van der Waals surface area contributed by atoms with Gasteiger partial charge in [0, 0.05) is 25.6 Å². The first-order valence-electron chi connectivity index (χ1n) is 11.8. The zero-order valence-electron chi connectivity index (χ0n) is 19.4. The number of piperidine rings is 1. The third kappa shape index (κ3) is 4.05. The van der Waals surface area contributed by atoms with Crippen molar-refractivity contribution < 1.29 is 13.2 Å². The molecule has 1 unspecified atom stereocenters. The Morgan fingerprint density at radius 3 is 2.18 bits per heavy atom. The maximum atomic E-state index is 13.2. The number of hydrogen-bond acceptors (Lipinski definition) is 3. The predicted molar refractivity (Wildman–Crippen MR) is 133 cm³/mol. The highest BCUT2D eigenvalue weighted by Gasteiger charge is 2.48. The molecule has 1 aliphatic carbocycles. The Morgan fingerprint density at radius 1 is 0.912 bits per heavy atom. The number of amides is 1. The summed E-state index contributed by atoms with van der Waals surface area (Å²) in [6.07, 6.45) is 2.73. The van der Waals surface area contributed by atoms with Crippen molar-refractivity contribution in [1.82, 2.24) is 9.21 Å². The van der Waals surface area contributed by atoms with Crippen LogP contribution in [0, 0.1) is 0 Å². The van der Waals surface area contributed by atoms with Crippen LogP contribution in [0.25, 0.3) is 0 Å². The summed E-state index contributed by atoms with van der Waals surface area (Å²) in [5.41, 5.74) is 3.38. The third-order valence-corrected chi connectivity index (χ3v) is 9.51. The van der Waals surface area contributed by atoms with Crippen molar-refractivity contribution in [1.29, 1.82) is 0 Å². The smallest absolute Gasteiger partial charge is 0.243 e. The molecule has 2 aliphatic rings. The molecular formula is C28H30N2O3S. The van der Waals surface area contributed by atoms with Gasteiger partial charge in [-0.05, 0) is 48.1 Å². The van der Waals surface area contributed by atoms with E-state index in [-0.39, 0.29) is 17.4 Å². The zero-order chi connectivity index (χ0) is 23.8. The number of carbonyl (C=O) groups excluding carboxylic acids is 1. The van der Waals surface area contributed by atoms with Gasteiger partial charge in [-0.3, -0.25) is 4.79 Å². The molecule has 1 aliphatic heterocycles. The molecule has 176 valence electrons. The Balaban J connectivity index is 1.36. The number of carbonyl (C=O) groups is 1. The normalized spacial score (nSPS) is 19.6. The van der Waals surface area contributed by atoms with Crippen molar-refractivity contribution in [3.8, 4) is 0 Å². The van der Waals surface area contributed by atoms with E-state index in [1.807, 2.05) is 54.4 Å². The minimum Gasteiger partial charge on any atom is -0.338 e. The summed E-state index contributed by atoms with van der Waals surface area (Å²) in [4.78, 5) is 15.4. The maximum absolute atomic E-state index is 13.2. The summed E-state index contributed by atoms with van der Waals surface area (Å²) in [6.45, 7) is 0.972. The van der Waals surface area contributed by atoms with Gasteiger partial charge in [0.1, 0.15) is 0 Å². The molecule has 1 spiro atoms. The van der Waals surface area contributed by atoms with Gasteiger partial charge in [0.05, 0.1) is 17.4 Å². The lowest BCUT2D eigenvalue weighted by atomic mass is 9.74. The zero-order valence-corrected chi connectivity index (χ0v) is 20.2. The molecule has 0 bridgehead atoms. The van der Waals surface area contributed by atoms with Crippen LogP contribution in [0.3, 0.4) is 0 Å². The molecule has 0 saturated carbocycles. The molecule has 6 heteroatoms. The Labute approximate surface area is 202 Å². The largest absolute Gasteiger partial charge is 0.338 e. The molecular weight excluding hydrogens is 444 g/mol. The van der Waals surface area contributed by atoms with E-state index in [4.69, 9.17) is 0 Å². The van der Waals surface area contributed by atoms with Crippen molar-refractivity contribution in [2.24, 2.45) is 0 Å². The van der Waals surface area contributed by atoms with Crippen molar-refractivity contribution in [2.75, 3.05) is 20.1 Å². The average Bonchev–Trinajstić information content (AvgIpc) is 3.19. The second kappa shape index (κ2) is 9.01. The average molecular weight is 475 g/mol. The first-order chi connectivity index (χ1) is 16.4. The van der Waals surface area contributed by atoms with E-state index in [9.17, 15) is 13.2 Å². The molecule has 1 heterocycles. The number of hydrogen-bond donors (Lipinski definition) is 0. The van der Waals surface area contributed by atoms with Crippen LogP contribution in [-0.4, -0.2) is 43.7 Å². The van der Waals surface area contributed by atoms with Crippen LogP contribution in [0.5, 0.6) is 0 Å². The van der Waals surface area contributed by atoms with Gasteiger partial charge in [-0.1, -0.05) is 72.8 Å². The topological polar surface area (TPSA) is 57.7 Å². The molecule has 34 heavy (non-hydrogen) atoms. The lowest BCUT2D eigenvalue weighted by Crippen LogP contribution is -2.44. The Kier molecular flexibility index (Phi) is 6.04. The van der Waals surface area contributed by atoms with Crippen LogP contribution in [0.4, 0.5) is 0 Å². The van der Waals surface area contributed by atoms with E-state index in [0.717, 1.165) is 24.8 Å². The van der Waals surface area contributed by atoms with E-state index in [0.29, 0.717) is 24.4 Å². The summed E-state index contributed by atoms with van der Waals surface area (Å²) in [5.74, 6) is 0.104. The lowest BCUT2D eigenvalue weighted by molar-refractivity contribution is -0.131. The van der Waals surface area contributed by atoms with Crippen molar-refractivity contribution >= 4 is 15.9 Å². The Morgan fingerprint density at radius 2 is 1.50 bits per heavy atom. The minimum absolute atomic E-state index is 0.00435. The van der Waals surface area contributed by atoms with E-state index >= 15 is 0 Å². The summed E-state index contributed by atoms with van der Waals surface area (Å²) >= 11 is 0. The number of rotatable bonds is 5. The third-order valence-electron chi connectivity index (χ3n) is 7.59. The number of fused-ring (bicyclic) bond motifs is 2. The van der Waals surface area contributed by atoms with Crippen LogP contribution < -0.4 is 0 Å². The molecule has 5 nitrogen and oxygen atoms in total. The molecule has 3 aromatic rings. The standard InChI is InChI=1S/C28H30N2O3S/c1-29(27(31)20-22-10-4-2-5-11-22)26-21-28(25-15-9-8-14-24(25)26)16-18-30(19-17-28)34(32,33)23-12-6-3-7-13-23/h2-15,26H,16-21H2,1H3. The fraction of sp³-hybridized carbons (Fsp3) is 0.321. The Hall–Kier alpha value is -2.96. The van der Waals surface area contributed by atoms with Crippen molar-refractivity contribution in [3.63, 3.8) is 0 Å². The van der Waals surface area contributed by atoms with Gasteiger partial charge in [-0.15, -0.1) is 0 Å². The molecule has 5 rings (SSSR count). The van der Waals surface area contributed by atoms with Gasteiger partial charge >= 0.3 is 0 Å². The fourth-order valence-electron chi connectivity index (χ4n) is 5.64. The number of sulfonamides is 1. The highest BCUT2D eigenvalue weighted by atomic mass is 32.2. The molecule has 0 N–H and O–H groups in total. The SMILES string of the molecule is CN(C(=O)Cc1ccccc1)C1CC2(CCN(S(=O)(=O)c3ccccc3)CC2)c2ccccc21. The Bertz CT molecular complexity index is 1270. The summed E-state index contributed by atoms with van der Waals surface area (Å²) < 4.78 is 27.9.